The minimum atomic E-state index is 0.204. The Morgan fingerprint density at radius 2 is 2.39 bits per heavy atom. The molecule has 0 radical (unpaired) electrons. The van der Waals surface area contributed by atoms with Gasteiger partial charge in [0.05, 0.1) is 0 Å². The third-order valence-electron chi connectivity index (χ3n) is 3.27. The van der Waals surface area contributed by atoms with Crippen molar-refractivity contribution in [1.29, 1.82) is 0 Å². The van der Waals surface area contributed by atoms with E-state index in [9.17, 15) is 0 Å². The molecule has 18 heavy (non-hydrogen) atoms. The Hall–Kier alpha value is -1.39. The highest BCUT2D eigenvalue weighted by atomic mass is 32.1. The molecule has 2 aromatic rings. The Bertz CT molecular complexity index is 565. The summed E-state index contributed by atoms with van der Waals surface area (Å²) in [5.74, 6) is 0.913. The summed E-state index contributed by atoms with van der Waals surface area (Å²) in [5, 5.41) is 3.06. The van der Waals surface area contributed by atoms with E-state index >= 15 is 0 Å². The van der Waals surface area contributed by atoms with Crippen LogP contribution in [0.4, 0.5) is 0 Å². The largest absolute Gasteiger partial charge is 0.486 e. The molecule has 0 amide bonds. The zero-order valence-electron chi connectivity index (χ0n) is 10.3. The maximum absolute atomic E-state index is 6.02. The van der Waals surface area contributed by atoms with Crippen molar-refractivity contribution < 1.29 is 4.74 Å². The molecule has 1 heterocycles. The van der Waals surface area contributed by atoms with Gasteiger partial charge in [0.25, 0.3) is 0 Å². The van der Waals surface area contributed by atoms with Crippen molar-refractivity contribution >= 4 is 11.3 Å². The summed E-state index contributed by atoms with van der Waals surface area (Å²) >= 11 is 1.64. The van der Waals surface area contributed by atoms with Crippen LogP contribution in [0, 0.1) is 6.92 Å². The summed E-state index contributed by atoms with van der Waals surface area (Å²) in [6, 6.07) is 6.42. The first-order chi connectivity index (χ1) is 8.72. The van der Waals surface area contributed by atoms with Crippen LogP contribution in [-0.2, 0) is 13.0 Å². The maximum Gasteiger partial charge on any atom is 0.140 e. The number of nitrogens with zero attached hydrogens (tertiary/aromatic N) is 1. The molecule has 0 unspecified atom stereocenters. The highest BCUT2D eigenvalue weighted by molar-refractivity contribution is 7.09. The lowest BCUT2D eigenvalue weighted by molar-refractivity contribution is 0.305. The second kappa shape index (κ2) is 4.71. The summed E-state index contributed by atoms with van der Waals surface area (Å²) in [7, 11) is 0. The van der Waals surface area contributed by atoms with Crippen LogP contribution < -0.4 is 10.5 Å². The van der Waals surface area contributed by atoms with Crippen LogP contribution in [0.15, 0.2) is 23.6 Å². The van der Waals surface area contributed by atoms with Gasteiger partial charge in [-0.15, -0.1) is 11.3 Å². The molecular formula is C14H16N2OS. The molecule has 0 saturated carbocycles. The first kappa shape index (κ1) is 11.7. The van der Waals surface area contributed by atoms with E-state index in [1.165, 1.54) is 11.1 Å². The van der Waals surface area contributed by atoms with Crippen molar-refractivity contribution in [3.05, 3.63) is 45.4 Å². The summed E-state index contributed by atoms with van der Waals surface area (Å²) < 4.78 is 5.77. The van der Waals surface area contributed by atoms with Crippen molar-refractivity contribution in [3.63, 3.8) is 0 Å². The van der Waals surface area contributed by atoms with Gasteiger partial charge in [0.2, 0.25) is 0 Å². The van der Waals surface area contributed by atoms with Gasteiger partial charge >= 0.3 is 0 Å². The van der Waals surface area contributed by atoms with E-state index in [2.05, 4.69) is 17.1 Å². The number of thiazole rings is 1. The fraction of sp³-hybridized carbons (Fsp3) is 0.357. The minimum Gasteiger partial charge on any atom is -0.486 e. The van der Waals surface area contributed by atoms with Crippen LogP contribution >= 0.6 is 11.3 Å². The van der Waals surface area contributed by atoms with Crippen LogP contribution in [0.25, 0.3) is 0 Å². The van der Waals surface area contributed by atoms with E-state index in [1.807, 2.05) is 18.4 Å². The number of aromatic nitrogens is 1. The van der Waals surface area contributed by atoms with Crippen LogP contribution in [0.2, 0.25) is 0 Å². The lowest BCUT2D eigenvalue weighted by Gasteiger charge is -2.08. The highest BCUT2D eigenvalue weighted by Gasteiger charge is 2.19. The van der Waals surface area contributed by atoms with Crippen molar-refractivity contribution in [1.82, 2.24) is 4.98 Å². The SMILES string of the molecule is Cc1csc(COc2ccc3c(c2)CC[C@@H]3N)n1. The fourth-order valence-corrected chi connectivity index (χ4v) is 3.01. The molecule has 0 aliphatic heterocycles. The lowest BCUT2D eigenvalue weighted by atomic mass is 10.1. The average Bonchev–Trinajstić information content (AvgIpc) is 2.94. The maximum atomic E-state index is 6.02. The fourth-order valence-electron chi connectivity index (χ4n) is 2.33. The molecule has 0 spiro atoms. The zero-order chi connectivity index (χ0) is 12.5. The standard InChI is InChI=1S/C14H16N2OS/c1-9-8-18-14(16-9)7-17-11-3-4-12-10(6-11)2-5-13(12)15/h3-4,6,8,13H,2,5,7,15H2,1H3/t13-/m0/s1. The molecule has 1 aromatic carbocycles. The molecule has 3 nitrogen and oxygen atoms in total. The van der Waals surface area contributed by atoms with E-state index in [0.29, 0.717) is 6.61 Å². The molecule has 94 valence electrons. The Kier molecular flexibility index (Phi) is 3.06. The lowest BCUT2D eigenvalue weighted by Crippen LogP contribution is -2.05. The van der Waals surface area contributed by atoms with Crippen molar-refractivity contribution in [2.45, 2.75) is 32.4 Å². The van der Waals surface area contributed by atoms with Gasteiger partial charge < -0.3 is 10.5 Å². The molecule has 0 fully saturated rings. The quantitative estimate of drug-likeness (QED) is 0.923. The summed E-state index contributed by atoms with van der Waals surface area (Å²) in [5.41, 5.74) is 9.67. The molecule has 2 N–H and O–H groups in total. The number of nitrogens with two attached hydrogens (primary N) is 1. The van der Waals surface area contributed by atoms with Crippen molar-refractivity contribution in [2.24, 2.45) is 5.73 Å². The van der Waals surface area contributed by atoms with E-state index in [4.69, 9.17) is 10.5 Å². The van der Waals surface area contributed by atoms with E-state index in [1.54, 1.807) is 11.3 Å². The highest BCUT2D eigenvalue weighted by Crippen LogP contribution is 2.32. The van der Waals surface area contributed by atoms with Crippen molar-refractivity contribution in [2.75, 3.05) is 0 Å². The molecular weight excluding hydrogens is 244 g/mol. The van der Waals surface area contributed by atoms with Gasteiger partial charge in [0, 0.05) is 17.1 Å². The van der Waals surface area contributed by atoms with Gasteiger partial charge in [-0.05, 0) is 43.0 Å². The zero-order valence-corrected chi connectivity index (χ0v) is 11.2. The van der Waals surface area contributed by atoms with Gasteiger partial charge in [-0.1, -0.05) is 6.07 Å². The Balaban J connectivity index is 1.70. The molecule has 0 saturated heterocycles. The molecule has 0 bridgehead atoms. The van der Waals surface area contributed by atoms with Gasteiger partial charge in [-0.2, -0.15) is 0 Å². The van der Waals surface area contributed by atoms with Crippen LogP contribution in [0.5, 0.6) is 5.75 Å². The number of aryl methyl sites for hydroxylation is 2. The number of fused-ring (bicyclic) bond motifs is 1. The molecule has 1 aliphatic rings. The predicted molar refractivity (Wildman–Crippen MR) is 72.9 cm³/mol. The summed E-state index contributed by atoms with van der Waals surface area (Å²) in [4.78, 5) is 4.38. The topological polar surface area (TPSA) is 48.1 Å². The predicted octanol–water partition coefficient (Wildman–Crippen LogP) is 2.98. The van der Waals surface area contributed by atoms with Gasteiger partial charge in [0.15, 0.2) is 0 Å². The van der Waals surface area contributed by atoms with E-state index in [-0.39, 0.29) is 6.04 Å². The first-order valence-electron chi connectivity index (χ1n) is 6.14. The summed E-state index contributed by atoms with van der Waals surface area (Å²) in [6.07, 6.45) is 2.11. The molecule has 4 heteroatoms. The number of hydrogen-bond acceptors (Lipinski definition) is 4. The third-order valence-corrected chi connectivity index (χ3v) is 4.21. The first-order valence-corrected chi connectivity index (χ1v) is 7.02. The van der Waals surface area contributed by atoms with Crippen LogP contribution in [0.1, 0.15) is 34.3 Å². The number of rotatable bonds is 3. The smallest absolute Gasteiger partial charge is 0.140 e. The van der Waals surface area contributed by atoms with Gasteiger partial charge in [-0.25, -0.2) is 4.98 Å². The number of hydrogen-bond donors (Lipinski definition) is 1. The second-order valence-electron chi connectivity index (χ2n) is 4.68. The molecule has 1 aromatic heterocycles. The van der Waals surface area contributed by atoms with E-state index < -0.39 is 0 Å². The average molecular weight is 260 g/mol. The summed E-state index contributed by atoms with van der Waals surface area (Å²) in [6.45, 7) is 2.54. The van der Waals surface area contributed by atoms with Gasteiger partial charge in [-0.3, -0.25) is 0 Å². The normalized spacial score (nSPS) is 17.8. The molecule has 1 atom stereocenters. The third kappa shape index (κ3) is 2.26. The molecule has 1 aliphatic carbocycles. The van der Waals surface area contributed by atoms with Gasteiger partial charge in [0.1, 0.15) is 17.4 Å². The second-order valence-corrected chi connectivity index (χ2v) is 5.62. The Labute approximate surface area is 111 Å². The van der Waals surface area contributed by atoms with Crippen LogP contribution in [0.3, 0.4) is 0 Å². The number of ether oxygens (including phenoxy) is 1. The minimum absolute atomic E-state index is 0.204. The Morgan fingerprint density at radius 1 is 1.50 bits per heavy atom. The Morgan fingerprint density at radius 3 is 3.17 bits per heavy atom. The number of benzene rings is 1. The van der Waals surface area contributed by atoms with Crippen LogP contribution in [-0.4, -0.2) is 4.98 Å². The molecule has 3 rings (SSSR count). The van der Waals surface area contributed by atoms with E-state index in [0.717, 1.165) is 29.3 Å². The van der Waals surface area contributed by atoms with Crippen molar-refractivity contribution in [3.8, 4) is 5.75 Å². The monoisotopic (exact) mass is 260 g/mol.